The summed E-state index contributed by atoms with van der Waals surface area (Å²) in [5.74, 6) is 1.94. The van der Waals surface area contributed by atoms with E-state index in [2.05, 4.69) is 37.5 Å². The van der Waals surface area contributed by atoms with Crippen molar-refractivity contribution >= 4 is 0 Å². The van der Waals surface area contributed by atoms with Crippen LogP contribution in [0.1, 0.15) is 58.8 Å². The van der Waals surface area contributed by atoms with E-state index < -0.39 is 18.4 Å². The molecule has 0 unspecified atom stereocenters. The first-order valence-corrected chi connectivity index (χ1v) is 11.6. The van der Waals surface area contributed by atoms with Crippen LogP contribution in [0.2, 0.25) is 0 Å². The summed E-state index contributed by atoms with van der Waals surface area (Å²) in [5, 5.41) is 20.1. The zero-order chi connectivity index (χ0) is 20.8. The van der Waals surface area contributed by atoms with Gasteiger partial charge in [-0.1, -0.05) is 38.2 Å². The van der Waals surface area contributed by atoms with Crippen LogP contribution in [0.5, 0.6) is 0 Å². The van der Waals surface area contributed by atoms with Crippen molar-refractivity contribution in [1.82, 2.24) is 4.90 Å². The summed E-state index contributed by atoms with van der Waals surface area (Å²) in [4.78, 5) is 2.28. The van der Waals surface area contributed by atoms with E-state index in [0.717, 1.165) is 24.1 Å². The van der Waals surface area contributed by atoms with Crippen LogP contribution in [-0.4, -0.2) is 53.1 Å². The van der Waals surface area contributed by atoms with Gasteiger partial charge in [0.2, 0.25) is 0 Å². The van der Waals surface area contributed by atoms with E-state index in [0.29, 0.717) is 49.1 Å². The van der Waals surface area contributed by atoms with E-state index >= 15 is 0 Å². The van der Waals surface area contributed by atoms with Crippen LogP contribution in [0.15, 0.2) is 35.5 Å². The fourth-order valence-electron chi connectivity index (χ4n) is 6.87. The van der Waals surface area contributed by atoms with Crippen molar-refractivity contribution in [3.63, 3.8) is 0 Å². The number of aliphatic hydroxyl groups is 2. The third-order valence-electron chi connectivity index (χ3n) is 8.45. The topological polar surface area (TPSA) is 43.7 Å². The number of halogens is 1. The molecule has 1 aliphatic heterocycles. The minimum absolute atomic E-state index is 0.338. The SMILES string of the molecule is C=C1/C(=C\C=C2/CCC[C@]3(C)[C@@H]([C@H](C)CN4CC(F)C4)CC[C@@H]23)C[C@@H](O)C[C@@H]1O. The second-order valence-corrected chi connectivity index (χ2v) is 10.5. The maximum absolute atomic E-state index is 13.2. The number of likely N-dealkylation sites (tertiary alicyclic amines) is 1. The van der Waals surface area contributed by atoms with Gasteiger partial charge in [0, 0.05) is 26.1 Å². The Morgan fingerprint density at radius 1 is 1.28 bits per heavy atom. The van der Waals surface area contributed by atoms with Gasteiger partial charge in [0.25, 0.3) is 0 Å². The van der Waals surface area contributed by atoms with Crippen LogP contribution < -0.4 is 0 Å². The van der Waals surface area contributed by atoms with Gasteiger partial charge in [0.05, 0.1) is 12.2 Å². The van der Waals surface area contributed by atoms with Gasteiger partial charge in [-0.05, 0) is 72.8 Å². The maximum Gasteiger partial charge on any atom is 0.125 e. The number of fused-ring (bicyclic) bond motifs is 1. The Balaban J connectivity index is 1.47. The molecule has 0 radical (unpaired) electrons. The quantitative estimate of drug-likeness (QED) is 0.730. The first-order valence-electron chi connectivity index (χ1n) is 11.6. The zero-order valence-corrected chi connectivity index (χ0v) is 18.1. The molecule has 3 saturated carbocycles. The highest BCUT2D eigenvalue weighted by atomic mass is 19.1. The average Bonchev–Trinajstić information content (AvgIpc) is 2.99. The Bertz CT molecular complexity index is 695. The number of nitrogens with zero attached hydrogens (tertiary/aromatic N) is 1. The lowest BCUT2D eigenvalue weighted by atomic mass is 9.61. The van der Waals surface area contributed by atoms with E-state index in [9.17, 15) is 14.6 Å². The number of hydrogen-bond donors (Lipinski definition) is 2. The molecule has 0 aromatic heterocycles. The molecule has 0 bridgehead atoms. The van der Waals surface area contributed by atoms with Gasteiger partial charge >= 0.3 is 0 Å². The molecular weight excluding hydrogens is 365 g/mol. The van der Waals surface area contributed by atoms with Crippen molar-refractivity contribution in [2.75, 3.05) is 19.6 Å². The summed E-state index contributed by atoms with van der Waals surface area (Å²) < 4.78 is 13.2. The molecule has 0 aromatic carbocycles. The second-order valence-electron chi connectivity index (χ2n) is 10.5. The highest BCUT2D eigenvalue weighted by molar-refractivity contribution is 5.38. The largest absolute Gasteiger partial charge is 0.393 e. The molecule has 4 fully saturated rings. The lowest BCUT2D eigenvalue weighted by Crippen LogP contribution is -2.51. The van der Waals surface area contributed by atoms with Gasteiger partial charge in [-0.2, -0.15) is 0 Å². The van der Waals surface area contributed by atoms with Gasteiger partial charge in [-0.25, -0.2) is 4.39 Å². The van der Waals surface area contributed by atoms with Crippen LogP contribution in [0.4, 0.5) is 4.39 Å². The van der Waals surface area contributed by atoms with Crippen molar-refractivity contribution in [1.29, 1.82) is 0 Å². The molecule has 1 saturated heterocycles. The molecule has 6 atom stereocenters. The molecule has 4 aliphatic rings. The third kappa shape index (κ3) is 4.13. The molecule has 3 nitrogen and oxygen atoms in total. The molecule has 4 heteroatoms. The van der Waals surface area contributed by atoms with Gasteiger partial charge in [0.1, 0.15) is 6.17 Å². The Labute approximate surface area is 175 Å². The Hall–Kier alpha value is -0.970. The summed E-state index contributed by atoms with van der Waals surface area (Å²) in [7, 11) is 0. The number of alkyl halides is 1. The van der Waals surface area contributed by atoms with E-state index in [4.69, 9.17) is 0 Å². The van der Waals surface area contributed by atoms with Crippen molar-refractivity contribution in [2.45, 2.75) is 77.2 Å². The number of allylic oxidation sites excluding steroid dienone is 3. The van der Waals surface area contributed by atoms with E-state index in [1.807, 2.05) is 0 Å². The highest BCUT2D eigenvalue weighted by Gasteiger charge is 2.51. The minimum atomic E-state index is -0.623. The standard InChI is InChI=1S/C25H38FNO2/c1-16(13-27-14-20(26)15-27)22-8-9-23-18(5-4-10-25(22,23)3)6-7-19-11-21(28)12-24(29)17(19)2/h6-7,16,20-24,28-29H,2,4-5,8-15H2,1,3H3/b18-6+,19-7-/t16-,21-,22-,23+,24+,25-/m1/s1. The van der Waals surface area contributed by atoms with Gasteiger partial charge in [-0.15, -0.1) is 0 Å². The monoisotopic (exact) mass is 403 g/mol. The lowest BCUT2D eigenvalue weighted by molar-refractivity contribution is 0.0226. The van der Waals surface area contributed by atoms with E-state index in [-0.39, 0.29) is 0 Å². The Morgan fingerprint density at radius 2 is 2.03 bits per heavy atom. The number of rotatable bonds is 4. The van der Waals surface area contributed by atoms with Crippen LogP contribution in [-0.2, 0) is 0 Å². The normalized spacial score (nSPS) is 42.9. The van der Waals surface area contributed by atoms with Crippen molar-refractivity contribution in [3.05, 3.63) is 35.5 Å². The first kappa shape index (κ1) is 21.3. The molecule has 29 heavy (non-hydrogen) atoms. The molecule has 2 N–H and O–H groups in total. The molecule has 0 spiro atoms. The van der Waals surface area contributed by atoms with Gasteiger partial charge in [-0.3, -0.25) is 4.90 Å². The molecule has 3 aliphatic carbocycles. The highest BCUT2D eigenvalue weighted by Crippen LogP contribution is 2.59. The summed E-state index contributed by atoms with van der Waals surface area (Å²) in [6.07, 6.45) is 9.86. The predicted octanol–water partition coefficient (Wildman–Crippen LogP) is 4.42. The molecule has 4 rings (SSSR count). The van der Waals surface area contributed by atoms with Crippen LogP contribution >= 0.6 is 0 Å². The van der Waals surface area contributed by atoms with Gasteiger partial charge < -0.3 is 10.2 Å². The molecule has 0 aromatic rings. The fourth-order valence-corrected chi connectivity index (χ4v) is 6.87. The van der Waals surface area contributed by atoms with Crippen LogP contribution in [0, 0.1) is 23.2 Å². The minimum Gasteiger partial charge on any atom is -0.393 e. The number of hydrogen-bond acceptors (Lipinski definition) is 3. The maximum atomic E-state index is 13.2. The fraction of sp³-hybridized carbons (Fsp3) is 0.760. The molecular formula is C25H38FNO2. The van der Waals surface area contributed by atoms with Crippen LogP contribution in [0.3, 0.4) is 0 Å². The summed E-state index contributed by atoms with van der Waals surface area (Å²) in [6, 6.07) is 0. The summed E-state index contributed by atoms with van der Waals surface area (Å²) in [6.45, 7) is 11.2. The average molecular weight is 404 g/mol. The molecule has 162 valence electrons. The summed E-state index contributed by atoms with van der Waals surface area (Å²) in [5.41, 5.74) is 3.64. The zero-order valence-electron chi connectivity index (χ0n) is 18.1. The van der Waals surface area contributed by atoms with Crippen molar-refractivity contribution in [2.24, 2.45) is 23.2 Å². The smallest absolute Gasteiger partial charge is 0.125 e. The predicted molar refractivity (Wildman–Crippen MR) is 115 cm³/mol. The lowest BCUT2D eigenvalue weighted by Gasteiger charge is -2.46. The second kappa shape index (κ2) is 8.28. The Kier molecular flexibility index (Phi) is 6.07. The van der Waals surface area contributed by atoms with Crippen molar-refractivity contribution < 1.29 is 14.6 Å². The molecule has 1 heterocycles. The van der Waals surface area contributed by atoms with Gasteiger partial charge in [0.15, 0.2) is 0 Å². The molecule has 0 amide bonds. The Morgan fingerprint density at radius 3 is 2.76 bits per heavy atom. The first-order chi connectivity index (χ1) is 13.8. The third-order valence-corrected chi connectivity index (χ3v) is 8.45. The van der Waals surface area contributed by atoms with E-state index in [1.54, 1.807) is 0 Å². The van der Waals surface area contributed by atoms with Crippen molar-refractivity contribution in [3.8, 4) is 0 Å². The van der Waals surface area contributed by atoms with Crippen LogP contribution in [0.25, 0.3) is 0 Å². The summed E-state index contributed by atoms with van der Waals surface area (Å²) >= 11 is 0. The van der Waals surface area contributed by atoms with E-state index in [1.165, 1.54) is 31.3 Å². The number of aliphatic hydroxyl groups excluding tert-OH is 2.